The zero-order valence-electron chi connectivity index (χ0n) is 14.5. The standard InChI is InChI=1S/C21H22N2O3/c24-19(11-10-16-6-2-1-3-7-16)20(23-14-12-22-13-15-23)17-8-4-5-9-18(17)21(25)26/h1-11,20,22H,12-15H2,(H,25,26)/b11-10+. The lowest BCUT2D eigenvalue weighted by Gasteiger charge is -2.34. The molecule has 1 saturated heterocycles. The molecule has 26 heavy (non-hydrogen) atoms. The van der Waals surface area contributed by atoms with Crippen LogP contribution in [0, 0.1) is 0 Å². The molecule has 2 N–H and O–H groups in total. The fourth-order valence-corrected chi connectivity index (χ4v) is 3.23. The lowest BCUT2D eigenvalue weighted by Crippen LogP contribution is -2.47. The molecule has 134 valence electrons. The first-order valence-electron chi connectivity index (χ1n) is 8.71. The molecule has 2 aromatic rings. The van der Waals surface area contributed by atoms with Crippen molar-refractivity contribution in [2.75, 3.05) is 26.2 Å². The van der Waals surface area contributed by atoms with E-state index in [0.717, 1.165) is 18.7 Å². The van der Waals surface area contributed by atoms with Crippen molar-refractivity contribution >= 4 is 17.8 Å². The number of carboxylic acid groups (broad SMARTS) is 1. The van der Waals surface area contributed by atoms with Crippen molar-refractivity contribution in [1.82, 2.24) is 10.2 Å². The fraction of sp³-hybridized carbons (Fsp3) is 0.238. The Hall–Kier alpha value is -2.76. The molecule has 0 aliphatic carbocycles. The molecule has 2 aromatic carbocycles. The van der Waals surface area contributed by atoms with Gasteiger partial charge in [0.25, 0.3) is 0 Å². The van der Waals surface area contributed by atoms with E-state index in [1.165, 1.54) is 0 Å². The zero-order valence-corrected chi connectivity index (χ0v) is 14.5. The molecule has 1 fully saturated rings. The van der Waals surface area contributed by atoms with Gasteiger partial charge in [0.2, 0.25) is 0 Å². The third-order valence-corrected chi connectivity index (χ3v) is 4.51. The summed E-state index contributed by atoms with van der Waals surface area (Å²) in [5, 5.41) is 12.8. The number of nitrogens with zero attached hydrogens (tertiary/aromatic N) is 1. The number of hydrogen-bond donors (Lipinski definition) is 2. The van der Waals surface area contributed by atoms with Gasteiger partial charge in [-0.1, -0.05) is 54.6 Å². The number of carboxylic acids is 1. The van der Waals surface area contributed by atoms with Crippen LogP contribution in [0.2, 0.25) is 0 Å². The van der Waals surface area contributed by atoms with Gasteiger partial charge in [0, 0.05) is 26.2 Å². The second kappa shape index (κ2) is 8.56. The van der Waals surface area contributed by atoms with Crippen molar-refractivity contribution in [3.63, 3.8) is 0 Å². The summed E-state index contributed by atoms with van der Waals surface area (Å²) in [6, 6.07) is 15.8. The van der Waals surface area contributed by atoms with E-state index in [-0.39, 0.29) is 11.3 Å². The van der Waals surface area contributed by atoms with Crippen LogP contribution in [0.4, 0.5) is 0 Å². The molecular weight excluding hydrogens is 328 g/mol. The lowest BCUT2D eigenvalue weighted by molar-refractivity contribution is -0.120. The van der Waals surface area contributed by atoms with Crippen LogP contribution in [0.25, 0.3) is 6.08 Å². The first-order chi connectivity index (χ1) is 12.7. The van der Waals surface area contributed by atoms with E-state index in [9.17, 15) is 14.7 Å². The normalized spacial score (nSPS) is 16.5. The van der Waals surface area contributed by atoms with E-state index in [4.69, 9.17) is 0 Å². The molecular formula is C21H22N2O3. The minimum Gasteiger partial charge on any atom is -0.478 e. The Morgan fingerprint density at radius 1 is 1.00 bits per heavy atom. The number of carbonyl (C=O) groups is 2. The van der Waals surface area contributed by atoms with E-state index in [1.807, 2.05) is 30.3 Å². The highest BCUT2D eigenvalue weighted by atomic mass is 16.4. The van der Waals surface area contributed by atoms with Gasteiger partial charge in [-0.25, -0.2) is 4.79 Å². The van der Waals surface area contributed by atoms with Crippen molar-refractivity contribution < 1.29 is 14.7 Å². The Morgan fingerprint density at radius 3 is 2.35 bits per heavy atom. The number of aromatic carboxylic acids is 1. The zero-order chi connectivity index (χ0) is 18.4. The molecule has 0 spiro atoms. The highest BCUT2D eigenvalue weighted by Crippen LogP contribution is 2.26. The number of rotatable bonds is 6. The summed E-state index contributed by atoms with van der Waals surface area (Å²) in [6.45, 7) is 2.95. The van der Waals surface area contributed by atoms with Crippen LogP contribution in [0.3, 0.4) is 0 Å². The van der Waals surface area contributed by atoms with Gasteiger partial charge in [-0.2, -0.15) is 0 Å². The molecule has 0 radical (unpaired) electrons. The van der Waals surface area contributed by atoms with Gasteiger partial charge in [0.15, 0.2) is 5.78 Å². The maximum absolute atomic E-state index is 13.0. The second-order valence-corrected chi connectivity index (χ2v) is 6.23. The second-order valence-electron chi connectivity index (χ2n) is 6.23. The Labute approximate surface area is 153 Å². The number of nitrogens with one attached hydrogen (secondary N) is 1. The average Bonchev–Trinajstić information content (AvgIpc) is 2.68. The monoisotopic (exact) mass is 350 g/mol. The molecule has 1 heterocycles. The molecule has 0 bridgehead atoms. The summed E-state index contributed by atoms with van der Waals surface area (Å²) in [7, 11) is 0. The van der Waals surface area contributed by atoms with Gasteiger partial charge in [-0.15, -0.1) is 0 Å². The van der Waals surface area contributed by atoms with Crippen LogP contribution in [0.15, 0.2) is 60.7 Å². The number of piperazine rings is 1. The summed E-state index contributed by atoms with van der Waals surface area (Å²) in [4.78, 5) is 26.8. The van der Waals surface area contributed by atoms with Crippen molar-refractivity contribution in [3.8, 4) is 0 Å². The molecule has 3 rings (SSSR count). The van der Waals surface area contributed by atoms with Gasteiger partial charge in [-0.3, -0.25) is 9.69 Å². The van der Waals surface area contributed by atoms with Gasteiger partial charge >= 0.3 is 5.97 Å². The molecule has 0 amide bonds. The molecule has 5 nitrogen and oxygen atoms in total. The summed E-state index contributed by atoms with van der Waals surface area (Å²) in [6.07, 6.45) is 3.33. The maximum Gasteiger partial charge on any atom is 0.336 e. The first-order valence-corrected chi connectivity index (χ1v) is 8.71. The summed E-state index contributed by atoms with van der Waals surface area (Å²) in [5.41, 5.74) is 1.66. The van der Waals surface area contributed by atoms with E-state index in [1.54, 1.807) is 36.4 Å². The lowest BCUT2D eigenvalue weighted by atomic mass is 9.94. The predicted octanol–water partition coefficient (Wildman–Crippen LogP) is 2.61. The molecule has 1 aliphatic heterocycles. The Bertz CT molecular complexity index is 796. The quantitative estimate of drug-likeness (QED) is 0.784. The smallest absolute Gasteiger partial charge is 0.336 e. The van der Waals surface area contributed by atoms with Crippen LogP contribution in [0.1, 0.15) is 27.5 Å². The fourth-order valence-electron chi connectivity index (χ4n) is 3.23. The van der Waals surface area contributed by atoms with Crippen molar-refractivity contribution in [1.29, 1.82) is 0 Å². The highest BCUT2D eigenvalue weighted by molar-refractivity contribution is 6.00. The summed E-state index contributed by atoms with van der Waals surface area (Å²) in [5.74, 6) is -1.12. The number of benzene rings is 2. The summed E-state index contributed by atoms with van der Waals surface area (Å²) >= 11 is 0. The number of carbonyl (C=O) groups excluding carboxylic acids is 1. The van der Waals surface area contributed by atoms with Gasteiger partial charge in [-0.05, 0) is 23.3 Å². The number of ketones is 1. The Balaban J connectivity index is 1.94. The predicted molar refractivity (Wildman–Crippen MR) is 101 cm³/mol. The van der Waals surface area contributed by atoms with Crippen LogP contribution < -0.4 is 5.32 Å². The van der Waals surface area contributed by atoms with Crippen LogP contribution in [-0.4, -0.2) is 47.9 Å². The topological polar surface area (TPSA) is 69.6 Å². The minimum absolute atomic E-state index is 0.107. The SMILES string of the molecule is O=C(O)c1ccccc1C(C(=O)/C=C/c1ccccc1)N1CCNCC1. The largest absolute Gasteiger partial charge is 0.478 e. The van der Waals surface area contributed by atoms with E-state index < -0.39 is 12.0 Å². The molecule has 1 unspecified atom stereocenters. The molecule has 5 heteroatoms. The van der Waals surface area contributed by atoms with Crippen LogP contribution >= 0.6 is 0 Å². The maximum atomic E-state index is 13.0. The number of hydrogen-bond acceptors (Lipinski definition) is 4. The van der Waals surface area contributed by atoms with Crippen molar-refractivity contribution in [3.05, 3.63) is 77.4 Å². The molecule has 1 atom stereocenters. The average molecular weight is 350 g/mol. The van der Waals surface area contributed by atoms with Gasteiger partial charge in [0.05, 0.1) is 11.6 Å². The third kappa shape index (κ3) is 4.25. The van der Waals surface area contributed by atoms with Gasteiger partial charge < -0.3 is 10.4 Å². The first kappa shape index (κ1) is 18.0. The van der Waals surface area contributed by atoms with Gasteiger partial charge in [0.1, 0.15) is 0 Å². The van der Waals surface area contributed by atoms with Crippen molar-refractivity contribution in [2.45, 2.75) is 6.04 Å². The van der Waals surface area contributed by atoms with Crippen LogP contribution in [0.5, 0.6) is 0 Å². The van der Waals surface area contributed by atoms with Crippen LogP contribution in [-0.2, 0) is 4.79 Å². The van der Waals surface area contributed by atoms with E-state index >= 15 is 0 Å². The molecule has 0 aromatic heterocycles. The van der Waals surface area contributed by atoms with E-state index in [0.29, 0.717) is 18.7 Å². The Kier molecular flexibility index (Phi) is 5.94. The molecule has 1 aliphatic rings. The Morgan fingerprint density at radius 2 is 1.65 bits per heavy atom. The third-order valence-electron chi connectivity index (χ3n) is 4.51. The van der Waals surface area contributed by atoms with Crippen molar-refractivity contribution in [2.24, 2.45) is 0 Å². The minimum atomic E-state index is -1.01. The van der Waals surface area contributed by atoms with E-state index in [2.05, 4.69) is 10.2 Å². The molecule has 0 saturated carbocycles. The summed E-state index contributed by atoms with van der Waals surface area (Å²) < 4.78 is 0. The highest BCUT2D eigenvalue weighted by Gasteiger charge is 2.30.